The zero-order valence-electron chi connectivity index (χ0n) is 10.3. The Kier molecular flexibility index (Phi) is 3.74. The summed E-state index contributed by atoms with van der Waals surface area (Å²) in [6, 6.07) is 2.40. The second-order valence-electron chi connectivity index (χ2n) is 5.25. The van der Waals surface area contributed by atoms with E-state index >= 15 is 0 Å². The molecule has 0 aromatic carbocycles. The third-order valence-corrected chi connectivity index (χ3v) is 6.68. The van der Waals surface area contributed by atoms with E-state index in [0.29, 0.717) is 0 Å². The summed E-state index contributed by atoms with van der Waals surface area (Å²) in [5.41, 5.74) is 0. The number of nitrogens with zero attached hydrogens (tertiary/aromatic N) is 2. The van der Waals surface area contributed by atoms with Crippen LogP contribution in [-0.4, -0.2) is 31.1 Å². The van der Waals surface area contributed by atoms with Crippen molar-refractivity contribution in [2.75, 3.05) is 7.05 Å². The van der Waals surface area contributed by atoms with E-state index in [4.69, 9.17) is 5.26 Å². The van der Waals surface area contributed by atoms with Crippen LogP contribution in [0, 0.1) is 17.2 Å². The summed E-state index contributed by atoms with van der Waals surface area (Å²) in [6.07, 6.45) is 6.03. The standard InChI is InChI=1S/C12H20N2O2S/c1-14(17(15,16)12-3-2-4-12)11-7-5-10(9-13)6-8-11/h10-12H,2-8H2,1H3. The third kappa shape index (κ3) is 2.48. The van der Waals surface area contributed by atoms with Crippen molar-refractivity contribution in [1.29, 1.82) is 5.26 Å². The minimum Gasteiger partial charge on any atom is -0.212 e. The van der Waals surface area contributed by atoms with Crippen molar-refractivity contribution in [2.45, 2.75) is 56.2 Å². The Balaban J connectivity index is 1.96. The van der Waals surface area contributed by atoms with E-state index in [1.807, 2.05) is 0 Å². The first kappa shape index (κ1) is 12.8. The molecule has 2 rings (SSSR count). The van der Waals surface area contributed by atoms with Crippen LogP contribution in [0.4, 0.5) is 0 Å². The molecule has 0 bridgehead atoms. The van der Waals surface area contributed by atoms with Gasteiger partial charge in [0.05, 0.1) is 11.3 Å². The van der Waals surface area contributed by atoms with Crippen molar-refractivity contribution in [3.63, 3.8) is 0 Å². The molecular formula is C12H20N2O2S. The number of hydrogen-bond acceptors (Lipinski definition) is 3. The van der Waals surface area contributed by atoms with Crippen molar-refractivity contribution in [1.82, 2.24) is 4.31 Å². The minimum absolute atomic E-state index is 0.116. The Morgan fingerprint density at radius 1 is 1.12 bits per heavy atom. The predicted molar refractivity (Wildman–Crippen MR) is 65.7 cm³/mol. The van der Waals surface area contributed by atoms with Crippen molar-refractivity contribution in [3.05, 3.63) is 0 Å². The molecule has 0 aromatic heterocycles. The molecule has 17 heavy (non-hydrogen) atoms. The molecule has 0 saturated heterocycles. The highest BCUT2D eigenvalue weighted by Crippen LogP contribution is 2.33. The highest BCUT2D eigenvalue weighted by Gasteiger charge is 2.38. The molecule has 2 aliphatic carbocycles. The number of hydrogen-bond donors (Lipinski definition) is 0. The second-order valence-corrected chi connectivity index (χ2v) is 7.52. The maximum Gasteiger partial charge on any atom is 0.216 e. The number of rotatable bonds is 3. The van der Waals surface area contributed by atoms with Crippen LogP contribution in [-0.2, 0) is 10.0 Å². The molecule has 0 unspecified atom stereocenters. The van der Waals surface area contributed by atoms with Crippen LogP contribution in [0.3, 0.4) is 0 Å². The van der Waals surface area contributed by atoms with Gasteiger partial charge in [0.2, 0.25) is 10.0 Å². The van der Waals surface area contributed by atoms with Gasteiger partial charge in [0.1, 0.15) is 0 Å². The fraction of sp³-hybridized carbons (Fsp3) is 0.917. The van der Waals surface area contributed by atoms with Gasteiger partial charge in [0, 0.05) is 19.0 Å². The van der Waals surface area contributed by atoms with Crippen molar-refractivity contribution >= 4 is 10.0 Å². The summed E-state index contributed by atoms with van der Waals surface area (Å²) < 4.78 is 26.0. The maximum atomic E-state index is 12.2. The van der Waals surface area contributed by atoms with E-state index in [2.05, 4.69) is 6.07 Å². The molecule has 96 valence electrons. The summed E-state index contributed by atoms with van der Waals surface area (Å²) in [5, 5.41) is 8.69. The molecule has 0 spiro atoms. The number of nitriles is 1. The van der Waals surface area contributed by atoms with Crippen molar-refractivity contribution in [3.8, 4) is 6.07 Å². The SMILES string of the molecule is CN(C1CCC(C#N)CC1)S(=O)(=O)C1CCC1. The molecule has 0 aliphatic heterocycles. The summed E-state index contributed by atoms with van der Waals surface area (Å²) in [5.74, 6) is 0.131. The average Bonchev–Trinajstić information content (AvgIpc) is 2.25. The Bertz CT molecular complexity index is 401. The van der Waals surface area contributed by atoms with Gasteiger partial charge >= 0.3 is 0 Å². The molecule has 5 heteroatoms. The molecule has 2 saturated carbocycles. The zero-order chi connectivity index (χ0) is 12.5. The van der Waals surface area contributed by atoms with Crippen LogP contribution in [0.1, 0.15) is 44.9 Å². The average molecular weight is 256 g/mol. The van der Waals surface area contributed by atoms with Crippen LogP contribution in [0.25, 0.3) is 0 Å². The van der Waals surface area contributed by atoms with E-state index in [9.17, 15) is 8.42 Å². The smallest absolute Gasteiger partial charge is 0.212 e. The van der Waals surface area contributed by atoms with Crippen LogP contribution in [0.15, 0.2) is 0 Å². The zero-order valence-corrected chi connectivity index (χ0v) is 11.1. The van der Waals surface area contributed by atoms with Gasteiger partial charge in [0.25, 0.3) is 0 Å². The van der Waals surface area contributed by atoms with Gasteiger partial charge < -0.3 is 0 Å². The lowest BCUT2D eigenvalue weighted by Gasteiger charge is -2.36. The molecule has 2 aliphatic rings. The van der Waals surface area contributed by atoms with Crippen LogP contribution in [0.5, 0.6) is 0 Å². The second kappa shape index (κ2) is 4.95. The molecule has 0 atom stereocenters. The predicted octanol–water partition coefficient (Wildman–Crippen LogP) is 1.88. The molecule has 4 nitrogen and oxygen atoms in total. The van der Waals surface area contributed by atoms with E-state index in [1.54, 1.807) is 11.4 Å². The quantitative estimate of drug-likeness (QED) is 0.774. The third-order valence-electron chi connectivity index (χ3n) is 4.27. The van der Waals surface area contributed by atoms with Crippen LogP contribution >= 0.6 is 0 Å². The van der Waals surface area contributed by atoms with E-state index in [-0.39, 0.29) is 17.2 Å². The summed E-state index contributed by atoms with van der Waals surface area (Å²) in [4.78, 5) is 0. The van der Waals surface area contributed by atoms with Gasteiger partial charge in [-0.25, -0.2) is 12.7 Å². The van der Waals surface area contributed by atoms with E-state index in [1.165, 1.54) is 0 Å². The monoisotopic (exact) mass is 256 g/mol. The molecule has 0 aromatic rings. The lowest BCUT2D eigenvalue weighted by molar-refractivity contribution is 0.255. The first-order valence-electron chi connectivity index (χ1n) is 6.42. The molecule has 0 radical (unpaired) electrons. The topological polar surface area (TPSA) is 61.2 Å². The first-order chi connectivity index (χ1) is 8.05. The summed E-state index contributed by atoms with van der Waals surface area (Å²) >= 11 is 0. The summed E-state index contributed by atoms with van der Waals surface area (Å²) in [7, 11) is -1.36. The molecule has 0 amide bonds. The highest BCUT2D eigenvalue weighted by atomic mass is 32.2. The molecule has 2 fully saturated rings. The molecule has 0 heterocycles. The van der Waals surface area contributed by atoms with Gasteiger partial charge in [-0.05, 0) is 38.5 Å². The Hall–Kier alpha value is -0.600. The Morgan fingerprint density at radius 3 is 2.12 bits per heavy atom. The molecular weight excluding hydrogens is 236 g/mol. The first-order valence-corrected chi connectivity index (χ1v) is 7.92. The highest BCUT2D eigenvalue weighted by molar-refractivity contribution is 7.89. The lowest BCUT2D eigenvalue weighted by atomic mass is 9.87. The normalized spacial score (nSPS) is 30.9. The van der Waals surface area contributed by atoms with Gasteiger partial charge in [0.15, 0.2) is 0 Å². The molecule has 0 N–H and O–H groups in total. The van der Waals surface area contributed by atoms with Crippen molar-refractivity contribution in [2.24, 2.45) is 5.92 Å². The van der Waals surface area contributed by atoms with Gasteiger partial charge in [-0.1, -0.05) is 6.42 Å². The minimum atomic E-state index is -3.08. The van der Waals surface area contributed by atoms with E-state index < -0.39 is 10.0 Å². The van der Waals surface area contributed by atoms with Gasteiger partial charge in [-0.2, -0.15) is 5.26 Å². The van der Waals surface area contributed by atoms with Gasteiger partial charge in [-0.3, -0.25) is 0 Å². The summed E-state index contributed by atoms with van der Waals surface area (Å²) in [6.45, 7) is 0. The van der Waals surface area contributed by atoms with Crippen molar-refractivity contribution < 1.29 is 8.42 Å². The fourth-order valence-corrected chi connectivity index (χ4v) is 4.71. The van der Waals surface area contributed by atoms with E-state index in [0.717, 1.165) is 44.9 Å². The Labute approximate surface area is 104 Å². The van der Waals surface area contributed by atoms with Crippen LogP contribution < -0.4 is 0 Å². The lowest BCUT2D eigenvalue weighted by Crippen LogP contribution is -2.46. The fourth-order valence-electron chi connectivity index (χ4n) is 2.68. The van der Waals surface area contributed by atoms with Gasteiger partial charge in [-0.15, -0.1) is 0 Å². The largest absolute Gasteiger partial charge is 0.216 e. The maximum absolute atomic E-state index is 12.2. The Morgan fingerprint density at radius 2 is 1.71 bits per heavy atom. The van der Waals surface area contributed by atoms with Crippen LogP contribution in [0.2, 0.25) is 0 Å². The number of sulfonamides is 1.